The molecule has 0 aliphatic heterocycles. The van der Waals surface area contributed by atoms with Gasteiger partial charge in [-0.1, -0.05) is 43.5 Å². The van der Waals surface area contributed by atoms with Crippen LogP contribution in [0.5, 0.6) is 0 Å². The molecule has 0 amide bonds. The van der Waals surface area contributed by atoms with E-state index >= 15 is 0 Å². The molecule has 2 nitrogen and oxygen atoms in total. The predicted octanol–water partition coefficient (Wildman–Crippen LogP) is 4.36. The van der Waals surface area contributed by atoms with Gasteiger partial charge in [0.1, 0.15) is 11.6 Å². The predicted molar refractivity (Wildman–Crippen MR) is 74.5 cm³/mol. The zero-order valence-electron chi connectivity index (χ0n) is 10.9. The summed E-state index contributed by atoms with van der Waals surface area (Å²) in [6, 6.07) is 4.45. The first-order valence-corrected chi connectivity index (χ1v) is 6.99. The van der Waals surface area contributed by atoms with Gasteiger partial charge in [0.25, 0.3) is 0 Å². The second kappa shape index (κ2) is 5.83. The molecule has 4 heteroatoms. The molecule has 1 aliphatic rings. The van der Waals surface area contributed by atoms with E-state index in [4.69, 9.17) is 17.0 Å². The number of carbonyl (C=O) groups excluding carboxylic acids is 1. The Morgan fingerprint density at radius 3 is 2.89 bits per heavy atom. The van der Waals surface area contributed by atoms with E-state index in [1.165, 1.54) is 12.1 Å². The number of unbranched alkanes of at least 4 members (excludes halogenated alkanes) is 1. The van der Waals surface area contributed by atoms with Crippen LogP contribution in [0, 0.1) is 17.1 Å². The summed E-state index contributed by atoms with van der Waals surface area (Å²) in [4.78, 5) is 12.4. The van der Waals surface area contributed by atoms with Crippen LogP contribution in [0.1, 0.15) is 44.1 Å². The molecule has 0 heterocycles. The van der Waals surface area contributed by atoms with Gasteiger partial charge >= 0.3 is 0 Å². The van der Waals surface area contributed by atoms with Crippen molar-refractivity contribution in [3.63, 3.8) is 0 Å². The van der Waals surface area contributed by atoms with Crippen LogP contribution in [-0.4, -0.2) is 11.5 Å². The lowest BCUT2D eigenvalue weighted by Gasteiger charge is -2.12. The Labute approximate surface area is 117 Å². The van der Waals surface area contributed by atoms with Gasteiger partial charge in [0, 0.05) is 11.6 Å². The topological polar surface area (TPSA) is 40.9 Å². The van der Waals surface area contributed by atoms with Crippen molar-refractivity contribution in [2.75, 3.05) is 0 Å². The fourth-order valence-corrected chi connectivity index (χ4v) is 2.91. The summed E-state index contributed by atoms with van der Waals surface area (Å²) in [5.41, 5.74) is 0.800. The van der Waals surface area contributed by atoms with Gasteiger partial charge in [-0.15, -0.1) is 0 Å². The molecule has 1 N–H and O–H groups in total. The van der Waals surface area contributed by atoms with Crippen molar-refractivity contribution in [2.45, 2.75) is 38.5 Å². The molecular weight excluding hydrogens is 265 g/mol. The first kappa shape index (κ1) is 14.2. The van der Waals surface area contributed by atoms with Crippen LogP contribution >= 0.6 is 11.6 Å². The molecule has 1 saturated carbocycles. The zero-order valence-corrected chi connectivity index (χ0v) is 11.6. The minimum atomic E-state index is -0.648. The van der Waals surface area contributed by atoms with Gasteiger partial charge in [-0.05, 0) is 24.5 Å². The van der Waals surface area contributed by atoms with Crippen LogP contribution < -0.4 is 0 Å². The third-order valence-corrected chi connectivity index (χ3v) is 4.10. The maximum atomic E-state index is 13.5. The summed E-state index contributed by atoms with van der Waals surface area (Å²) >= 11 is 5.93. The number of benzene rings is 1. The molecule has 2 unspecified atom stereocenters. The molecule has 1 aromatic carbocycles. The molecule has 1 aliphatic carbocycles. The fourth-order valence-electron chi connectivity index (χ4n) is 2.67. The summed E-state index contributed by atoms with van der Waals surface area (Å²) in [6.45, 7) is 2.08. The molecule has 0 bridgehead atoms. The minimum Gasteiger partial charge on any atom is -0.309 e. The molecule has 2 atom stereocenters. The lowest BCUT2D eigenvalue weighted by molar-refractivity contribution is -0.121. The van der Waals surface area contributed by atoms with E-state index in [-0.39, 0.29) is 16.7 Å². The number of nitrogens with one attached hydrogen (secondary N) is 1. The van der Waals surface area contributed by atoms with Gasteiger partial charge < -0.3 is 5.41 Å². The summed E-state index contributed by atoms with van der Waals surface area (Å²) in [5.74, 6) is -1.26. The van der Waals surface area contributed by atoms with E-state index in [2.05, 4.69) is 6.92 Å². The summed E-state index contributed by atoms with van der Waals surface area (Å²) in [6.07, 6.45) is 3.30. The number of hydrogen-bond acceptors (Lipinski definition) is 2. The second-order valence-electron chi connectivity index (χ2n) is 5.05. The minimum absolute atomic E-state index is 0.0194. The quantitative estimate of drug-likeness (QED) is 0.875. The number of halogens is 2. The maximum absolute atomic E-state index is 13.5. The van der Waals surface area contributed by atoms with Gasteiger partial charge in [-0.2, -0.15) is 0 Å². The third kappa shape index (κ3) is 2.71. The van der Waals surface area contributed by atoms with Crippen molar-refractivity contribution in [2.24, 2.45) is 5.92 Å². The molecular formula is C15H17ClFNO. The average molecular weight is 282 g/mol. The first-order chi connectivity index (χ1) is 9.06. The second-order valence-corrected chi connectivity index (χ2v) is 5.42. The van der Waals surface area contributed by atoms with E-state index in [0.717, 1.165) is 19.3 Å². The third-order valence-electron chi connectivity index (χ3n) is 3.70. The van der Waals surface area contributed by atoms with Gasteiger partial charge in [-0.3, -0.25) is 4.79 Å². The van der Waals surface area contributed by atoms with Crippen LogP contribution in [-0.2, 0) is 4.79 Å². The van der Waals surface area contributed by atoms with E-state index in [1.807, 2.05) is 0 Å². The lowest BCUT2D eigenvalue weighted by atomic mass is 9.92. The lowest BCUT2D eigenvalue weighted by Crippen LogP contribution is -2.15. The van der Waals surface area contributed by atoms with E-state index in [1.54, 1.807) is 6.07 Å². The molecule has 102 valence electrons. The van der Waals surface area contributed by atoms with Crippen molar-refractivity contribution < 1.29 is 9.18 Å². The molecule has 1 aromatic rings. The first-order valence-electron chi connectivity index (χ1n) is 6.61. The molecule has 0 saturated heterocycles. The number of carbonyl (C=O) groups is 1. The monoisotopic (exact) mass is 281 g/mol. The van der Waals surface area contributed by atoms with Gasteiger partial charge in [0.2, 0.25) is 0 Å². The highest BCUT2D eigenvalue weighted by atomic mass is 35.5. The average Bonchev–Trinajstić information content (AvgIpc) is 2.66. The molecule has 19 heavy (non-hydrogen) atoms. The molecule has 1 fully saturated rings. The van der Waals surface area contributed by atoms with Gasteiger partial charge in [0.15, 0.2) is 0 Å². The van der Waals surface area contributed by atoms with Crippen molar-refractivity contribution in [1.82, 2.24) is 0 Å². The highest BCUT2D eigenvalue weighted by molar-refractivity contribution is 6.32. The van der Waals surface area contributed by atoms with Crippen LogP contribution in [0.2, 0.25) is 5.02 Å². The molecule has 0 spiro atoms. The van der Waals surface area contributed by atoms with E-state index < -0.39 is 11.7 Å². The number of hydrogen-bond donors (Lipinski definition) is 1. The van der Waals surface area contributed by atoms with Crippen molar-refractivity contribution in [1.29, 1.82) is 5.41 Å². The standard InChI is InChI=1S/C15H17ClFNO/c1-2-3-5-9-8-12(18)13(15(9)19)10-6-4-7-11(17)14(10)16/h4,6-7,9,13,18H,2-3,5,8H2,1H3. The van der Waals surface area contributed by atoms with Crippen LogP contribution in [0.3, 0.4) is 0 Å². The Bertz CT molecular complexity index is 515. The molecule has 0 radical (unpaired) electrons. The summed E-state index contributed by atoms with van der Waals surface area (Å²) in [7, 11) is 0. The maximum Gasteiger partial charge on any atom is 0.149 e. The smallest absolute Gasteiger partial charge is 0.149 e. The molecule has 0 aromatic heterocycles. The molecule has 2 rings (SSSR count). The Kier molecular flexibility index (Phi) is 4.35. The largest absolute Gasteiger partial charge is 0.309 e. The summed E-state index contributed by atoms with van der Waals surface area (Å²) < 4.78 is 13.5. The SMILES string of the molecule is CCCCC1CC(=N)C(c2cccc(F)c2Cl)C1=O. The number of Topliss-reactive ketones (excluding diaryl/α,β-unsaturated/α-hetero) is 1. The Morgan fingerprint density at radius 2 is 2.21 bits per heavy atom. The Balaban J connectivity index is 2.27. The van der Waals surface area contributed by atoms with Crippen molar-refractivity contribution in [3.8, 4) is 0 Å². The normalized spacial score (nSPS) is 23.1. The van der Waals surface area contributed by atoms with E-state index in [0.29, 0.717) is 17.7 Å². The van der Waals surface area contributed by atoms with Crippen molar-refractivity contribution >= 4 is 23.1 Å². The number of ketones is 1. The highest BCUT2D eigenvalue weighted by Gasteiger charge is 2.40. The van der Waals surface area contributed by atoms with Crippen LogP contribution in [0.25, 0.3) is 0 Å². The zero-order chi connectivity index (χ0) is 14.0. The van der Waals surface area contributed by atoms with Gasteiger partial charge in [-0.25, -0.2) is 4.39 Å². The summed E-state index contributed by atoms with van der Waals surface area (Å²) in [5, 5.41) is 7.98. The Morgan fingerprint density at radius 1 is 1.47 bits per heavy atom. The van der Waals surface area contributed by atoms with Crippen LogP contribution in [0.4, 0.5) is 4.39 Å². The van der Waals surface area contributed by atoms with Crippen LogP contribution in [0.15, 0.2) is 18.2 Å². The van der Waals surface area contributed by atoms with E-state index in [9.17, 15) is 9.18 Å². The van der Waals surface area contributed by atoms with Gasteiger partial charge in [0.05, 0.1) is 10.9 Å². The fraction of sp³-hybridized carbons (Fsp3) is 0.467. The Hall–Kier alpha value is -1.22. The highest BCUT2D eigenvalue weighted by Crippen LogP contribution is 2.38. The van der Waals surface area contributed by atoms with Crippen molar-refractivity contribution in [3.05, 3.63) is 34.6 Å². The number of rotatable bonds is 4.